The number of benzene rings is 1. The third-order valence-corrected chi connectivity index (χ3v) is 5.74. The molecule has 0 unspecified atom stereocenters. The number of hydrogen-bond donors (Lipinski definition) is 2. The second-order valence-electron chi connectivity index (χ2n) is 7.84. The minimum absolute atomic E-state index is 0.0142. The lowest BCUT2D eigenvalue weighted by molar-refractivity contribution is -0.151. The van der Waals surface area contributed by atoms with Crippen LogP contribution in [0.2, 0.25) is 0 Å². The van der Waals surface area contributed by atoms with Crippen LogP contribution in [0.15, 0.2) is 24.3 Å². The third kappa shape index (κ3) is 3.91. The normalized spacial score (nSPS) is 27.5. The summed E-state index contributed by atoms with van der Waals surface area (Å²) in [6, 6.07) is 7.55. The van der Waals surface area contributed by atoms with Gasteiger partial charge in [-0.3, -0.25) is 9.59 Å². The molecule has 2 saturated heterocycles. The molecule has 2 amide bonds. The summed E-state index contributed by atoms with van der Waals surface area (Å²) in [6.45, 7) is 5.37. The highest BCUT2D eigenvalue weighted by Gasteiger charge is 2.40. The Morgan fingerprint density at radius 2 is 1.69 bits per heavy atom. The van der Waals surface area contributed by atoms with E-state index in [1.54, 1.807) is 11.8 Å². The fourth-order valence-electron chi connectivity index (χ4n) is 3.69. The molecule has 0 spiro atoms. The van der Waals surface area contributed by atoms with Gasteiger partial charge in [0.1, 0.15) is 0 Å². The number of aliphatic hydroxyl groups is 2. The highest BCUT2D eigenvalue weighted by atomic mass is 16.3. The van der Waals surface area contributed by atoms with Gasteiger partial charge in [0.15, 0.2) is 0 Å². The standard InChI is InChI=1S/C20H28N2O4/c1-14-3-5-15(6-4-14)18(24)21-10-7-16(8-11-21)19(25)22-12-9-20(2,26)17(23)13-22/h3-6,16-17,23,26H,7-13H2,1-2H3/t17-,20-/m1/s1. The molecule has 0 saturated carbocycles. The number of carbonyl (C=O) groups is 2. The van der Waals surface area contributed by atoms with E-state index in [1.165, 1.54) is 0 Å². The predicted molar refractivity (Wildman–Crippen MR) is 97.6 cm³/mol. The highest BCUT2D eigenvalue weighted by molar-refractivity contribution is 5.94. The van der Waals surface area contributed by atoms with Gasteiger partial charge in [0, 0.05) is 37.7 Å². The van der Waals surface area contributed by atoms with Gasteiger partial charge in [0.25, 0.3) is 5.91 Å². The summed E-state index contributed by atoms with van der Waals surface area (Å²) in [5, 5.41) is 20.1. The van der Waals surface area contributed by atoms with Crippen molar-refractivity contribution in [2.45, 2.75) is 44.8 Å². The molecule has 0 aliphatic carbocycles. The molecule has 0 bridgehead atoms. The van der Waals surface area contributed by atoms with E-state index < -0.39 is 11.7 Å². The van der Waals surface area contributed by atoms with Crippen LogP contribution >= 0.6 is 0 Å². The van der Waals surface area contributed by atoms with E-state index in [0.29, 0.717) is 44.5 Å². The fraction of sp³-hybridized carbons (Fsp3) is 0.600. The number of aliphatic hydroxyl groups excluding tert-OH is 1. The number of rotatable bonds is 2. The molecule has 2 N–H and O–H groups in total. The number of likely N-dealkylation sites (tertiary alicyclic amines) is 2. The van der Waals surface area contributed by atoms with Crippen molar-refractivity contribution >= 4 is 11.8 Å². The highest BCUT2D eigenvalue weighted by Crippen LogP contribution is 2.26. The van der Waals surface area contributed by atoms with Gasteiger partial charge in [-0.1, -0.05) is 17.7 Å². The minimum atomic E-state index is -1.12. The summed E-state index contributed by atoms with van der Waals surface area (Å²) >= 11 is 0. The number of aryl methyl sites for hydroxylation is 1. The van der Waals surface area contributed by atoms with Crippen molar-refractivity contribution in [1.82, 2.24) is 9.80 Å². The van der Waals surface area contributed by atoms with Crippen molar-refractivity contribution in [1.29, 1.82) is 0 Å². The van der Waals surface area contributed by atoms with E-state index >= 15 is 0 Å². The molecule has 1 aromatic carbocycles. The van der Waals surface area contributed by atoms with Crippen LogP contribution in [-0.2, 0) is 4.79 Å². The van der Waals surface area contributed by atoms with Crippen molar-refractivity contribution < 1.29 is 19.8 Å². The second-order valence-corrected chi connectivity index (χ2v) is 7.84. The number of nitrogens with zero attached hydrogens (tertiary/aromatic N) is 2. The van der Waals surface area contributed by atoms with Gasteiger partial charge in [-0.25, -0.2) is 0 Å². The largest absolute Gasteiger partial charge is 0.388 e. The number of piperidine rings is 2. The second kappa shape index (κ2) is 7.37. The van der Waals surface area contributed by atoms with Gasteiger partial charge in [-0.15, -0.1) is 0 Å². The van der Waals surface area contributed by atoms with Crippen molar-refractivity contribution in [2.75, 3.05) is 26.2 Å². The molecular weight excluding hydrogens is 332 g/mol. The average Bonchev–Trinajstić information content (AvgIpc) is 2.63. The van der Waals surface area contributed by atoms with E-state index in [9.17, 15) is 19.8 Å². The zero-order valence-electron chi connectivity index (χ0n) is 15.5. The van der Waals surface area contributed by atoms with Crippen LogP contribution < -0.4 is 0 Å². The quantitative estimate of drug-likeness (QED) is 0.830. The van der Waals surface area contributed by atoms with Gasteiger partial charge in [0.05, 0.1) is 11.7 Å². The summed E-state index contributed by atoms with van der Waals surface area (Å²) < 4.78 is 0. The zero-order chi connectivity index (χ0) is 18.9. The Bertz CT molecular complexity index is 663. The molecule has 2 atom stereocenters. The zero-order valence-corrected chi connectivity index (χ0v) is 15.5. The molecule has 0 aromatic heterocycles. The van der Waals surface area contributed by atoms with Crippen LogP contribution in [0.25, 0.3) is 0 Å². The maximum absolute atomic E-state index is 12.7. The molecular formula is C20H28N2O4. The Morgan fingerprint density at radius 1 is 1.08 bits per heavy atom. The first-order chi connectivity index (χ1) is 12.3. The van der Waals surface area contributed by atoms with Gasteiger partial charge in [-0.05, 0) is 45.2 Å². The summed E-state index contributed by atoms with van der Waals surface area (Å²) in [7, 11) is 0. The number of β-amino-alcohol motifs (C(OH)–C–C–N with tert-alkyl or cyclic N) is 1. The molecule has 2 heterocycles. The van der Waals surface area contributed by atoms with Crippen LogP contribution in [0, 0.1) is 12.8 Å². The smallest absolute Gasteiger partial charge is 0.253 e. The predicted octanol–water partition coefficient (Wildman–Crippen LogP) is 1.19. The van der Waals surface area contributed by atoms with Gasteiger partial charge in [-0.2, -0.15) is 0 Å². The van der Waals surface area contributed by atoms with Crippen LogP contribution in [0.4, 0.5) is 0 Å². The van der Waals surface area contributed by atoms with E-state index in [4.69, 9.17) is 0 Å². The molecule has 1 aromatic rings. The van der Waals surface area contributed by atoms with Gasteiger partial charge < -0.3 is 20.0 Å². The molecule has 2 aliphatic rings. The topological polar surface area (TPSA) is 81.1 Å². The first-order valence-electron chi connectivity index (χ1n) is 9.33. The van der Waals surface area contributed by atoms with Crippen molar-refractivity contribution in [3.8, 4) is 0 Å². The Balaban J connectivity index is 1.54. The van der Waals surface area contributed by atoms with Crippen LogP contribution in [0.1, 0.15) is 42.1 Å². The van der Waals surface area contributed by atoms with E-state index in [0.717, 1.165) is 5.56 Å². The first kappa shape index (κ1) is 18.9. The lowest BCUT2D eigenvalue weighted by Gasteiger charge is -2.42. The summed E-state index contributed by atoms with van der Waals surface area (Å²) in [5.74, 6) is -0.0744. The minimum Gasteiger partial charge on any atom is -0.388 e. The summed E-state index contributed by atoms with van der Waals surface area (Å²) in [6.07, 6.45) is 0.743. The number of carbonyl (C=O) groups excluding carboxylic acids is 2. The number of amides is 2. The van der Waals surface area contributed by atoms with E-state index in [1.807, 2.05) is 36.1 Å². The van der Waals surface area contributed by atoms with Crippen molar-refractivity contribution in [2.24, 2.45) is 5.92 Å². The fourth-order valence-corrected chi connectivity index (χ4v) is 3.69. The summed E-state index contributed by atoms with van der Waals surface area (Å²) in [4.78, 5) is 28.8. The molecule has 3 rings (SSSR count). The average molecular weight is 360 g/mol. The Hall–Kier alpha value is -1.92. The van der Waals surface area contributed by atoms with E-state index in [2.05, 4.69) is 0 Å². The molecule has 2 fully saturated rings. The van der Waals surface area contributed by atoms with Crippen molar-refractivity contribution in [3.63, 3.8) is 0 Å². The Labute approximate surface area is 154 Å². The number of hydrogen-bond acceptors (Lipinski definition) is 4. The van der Waals surface area contributed by atoms with Gasteiger partial charge >= 0.3 is 0 Å². The Morgan fingerprint density at radius 3 is 2.27 bits per heavy atom. The van der Waals surface area contributed by atoms with Crippen molar-refractivity contribution in [3.05, 3.63) is 35.4 Å². The molecule has 6 nitrogen and oxygen atoms in total. The van der Waals surface area contributed by atoms with Crippen LogP contribution in [0.3, 0.4) is 0 Å². The maximum atomic E-state index is 12.7. The lowest BCUT2D eigenvalue weighted by atomic mass is 9.88. The lowest BCUT2D eigenvalue weighted by Crippen LogP contribution is -2.56. The van der Waals surface area contributed by atoms with E-state index in [-0.39, 0.29) is 24.3 Å². The molecule has 2 aliphatic heterocycles. The SMILES string of the molecule is Cc1ccc(C(=O)N2CCC(C(=O)N3CC[C@@](C)(O)[C@H](O)C3)CC2)cc1. The van der Waals surface area contributed by atoms with Crippen LogP contribution in [-0.4, -0.2) is 69.7 Å². The molecule has 142 valence electrons. The van der Waals surface area contributed by atoms with Crippen LogP contribution in [0.5, 0.6) is 0 Å². The third-order valence-electron chi connectivity index (χ3n) is 5.74. The molecule has 6 heteroatoms. The molecule has 0 radical (unpaired) electrons. The maximum Gasteiger partial charge on any atom is 0.253 e. The molecule has 26 heavy (non-hydrogen) atoms. The summed E-state index contributed by atoms with van der Waals surface area (Å²) in [5.41, 5.74) is 0.677. The first-order valence-corrected chi connectivity index (χ1v) is 9.33. The van der Waals surface area contributed by atoms with Gasteiger partial charge in [0.2, 0.25) is 5.91 Å². The monoisotopic (exact) mass is 360 g/mol. The Kier molecular flexibility index (Phi) is 5.34.